The molecule has 0 N–H and O–H groups in total. The van der Waals surface area contributed by atoms with Crippen LogP contribution in [0.4, 0.5) is 8.78 Å². The summed E-state index contributed by atoms with van der Waals surface area (Å²) in [5.41, 5.74) is -1.38. The molecule has 0 aliphatic heterocycles. The number of ether oxygens (including phenoxy) is 5. The summed E-state index contributed by atoms with van der Waals surface area (Å²) in [5.74, 6) is -1.22. The minimum Gasteiger partial charge on any atom is -0.743 e. The normalized spacial score (nSPS) is 13.0. The van der Waals surface area contributed by atoms with Crippen molar-refractivity contribution in [1.82, 2.24) is 0 Å². The van der Waals surface area contributed by atoms with Gasteiger partial charge in [0.2, 0.25) is 0 Å². The van der Waals surface area contributed by atoms with Crippen molar-refractivity contribution in [2.75, 3.05) is 39.6 Å². The number of hydrogen-bond acceptors (Lipinski definition) is 12. The van der Waals surface area contributed by atoms with Gasteiger partial charge >= 0.3 is 52.7 Å². The van der Waals surface area contributed by atoms with E-state index in [4.69, 9.17) is 23.1 Å². The van der Waals surface area contributed by atoms with E-state index in [0.717, 1.165) is 25.3 Å². The van der Waals surface area contributed by atoms with E-state index in [-0.39, 0.29) is 67.7 Å². The predicted molar refractivity (Wildman–Crippen MR) is 226 cm³/mol. The molecule has 0 aromatic carbocycles. The van der Waals surface area contributed by atoms with E-state index in [1.54, 1.807) is 6.92 Å². The van der Waals surface area contributed by atoms with E-state index in [1.807, 2.05) is 41.5 Å². The molecule has 2 unspecified atom stereocenters. The third-order valence-electron chi connectivity index (χ3n) is 8.87. The van der Waals surface area contributed by atoms with Crippen molar-refractivity contribution in [3.8, 4) is 0 Å². The van der Waals surface area contributed by atoms with E-state index in [0.29, 0.717) is 53.0 Å². The second-order valence-corrected chi connectivity index (χ2v) is 26.1. The fourth-order valence-electron chi connectivity index (χ4n) is 4.07. The third-order valence-corrected chi connectivity index (χ3v) is 17.4. The zero-order valence-electron chi connectivity index (χ0n) is 37.1. The Labute approximate surface area is 371 Å². The van der Waals surface area contributed by atoms with Gasteiger partial charge in [-0.15, -0.1) is 0 Å². The first kappa shape index (κ1) is 68.2. The van der Waals surface area contributed by atoms with E-state index >= 15 is 0 Å². The first-order valence-corrected chi connectivity index (χ1v) is 26.9. The van der Waals surface area contributed by atoms with E-state index in [1.165, 1.54) is 32.7 Å². The van der Waals surface area contributed by atoms with E-state index < -0.39 is 49.5 Å². The number of alkyl halides is 2. The number of rotatable bonds is 25. The molecule has 0 aromatic heterocycles. The van der Waals surface area contributed by atoms with Crippen LogP contribution in [-0.2, 0) is 52.3 Å². The topological polar surface area (TPSA) is 164 Å². The number of halogens is 2. The van der Waals surface area contributed by atoms with Gasteiger partial charge in [0.25, 0.3) is 0 Å². The number of hydrogen-bond donors (Lipinski definition) is 0. The maximum absolute atomic E-state index is 13.0. The molecule has 340 valence electrons. The maximum Gasteiger partial charge on any atom is 1.00 e. The maximum atomic E-state index is 13.0. The molecule has 0 spiro atoms. The van der Waals surface area contributed by atoms with Gasteiger partial charge in [-0.2, -0.15) is 8.78 Å². The van der Waals surface area contributed by atoms with Gasteiger partial charge in [0.05, 0.1) is 43.2 Å². The van der Waals surface area contributed by atoms with Crippen LogP contribution in [0.25, 0.3) is 0 Å². The van der Waals surface area contributed by atoms with Crippen LogP contribution in [0.3, 0.4) is 0 Å². The summed E-state index contributed by atoms with van der Waals surface area (Å²) in [6.07, 6.45) is 3.06. The summed E-state index contributed by atoms with van der Waals surface area (Å²) in [4.78, 5) is 34.6. The largest absolute Gasteiger partial charge is 1.00 e. The molecule has 0 saturated carbocycles. The van der Waals surface area contributed by atoms with Crippen LogP contribution < -0.4 is 29.6 Å². The first-order valence-electron chi connectivity index (χ1n) is 19.3. The molecule has 0 aromatic rings. The molecule has 57 heavy (non-hydrogen) atoms. The van der Waals surface area contributed by atoms with Crippen molar-refractivity contribution >= 4 is 44.7 Å². The Bertz CT molecular complexity index is 1170. The molecule has 0 aliphatic carbocycles. The van der Waals surface area contributed by atoms with Crippen molar-refractivity contribution in [2.45, 2.75) is 179 Å². The van der Waals surface area contributed by atoms with Gasteiger partial charge in [-0.05, 0) is 106 Å². The van der Waals surface area contributed by atoms with Crippen LogP contribution in [0.2, 0.25) is 38.3 Å². The standard InChI is InChI=1S/C17H38O3Si2.C11H22O4.C9H16F2O5S.2CH4.Na/c1-9-11-14-21(5,6)20-22(7,8)15-12-13-19-16(18)17(3,4)10-2;1-4-10(3)11(12)15-9-8-14-7-6-13-5-2;1-5-8(3,4)7(12)16-6(2)9(10,11)17(13,14)15;;;/h9-15H2,1-8H3;10H,4-9H2,1-3H3;6H,5H2,1-4H3,(H,13,14,15);2*1H4;/q;;;;;+1/p-1. The Morgan fingerprint density at radius 1 is 0.702 bits per heavy atom. The van der Waals surface area contributed by atoms with Gasteiger partial charge in [0.15, 0.2) is 32.9 Å². The molecule has 2 atom stereocenters. The molecule has 0 amide bonds. The number of carbonyl (C=O) groups is 3. The van der Waals surface area contributed by atoms with Gasteiger partial charge in [-0.25, -0.2) is 8.42 Å². The van der Waals surface area contributed by atoms with Crippen LogP contribution in [-0.4, -0.2) is 98.5 Å². The fourth-order valence-corrected chi connectivity index (χ4v) is 13.5. The molecule has 0 aliphatic rings. The Hall–Kier alpha value is -0.506. The molecule has 0 bridgehead atoms. The number of esters is 3. The molecule has 0 radical (unpaired) electrons. The predicted octanol–water partition coefficient (Wildman–Crippen LogP) is 6.98. The molecular formula is C39H83F2NaO12SSi2. The number of unbranched alkanes of at least 4 members (excludes halogenated alkanes) is 1. The van der Waals surface area contributed by atoms with Crippen LogP contribution in [0, 0.1) is 16.7 Å². The summed E-state index contributed by atoms with van der Waals surface area (Å²) in [6, 6.07) is 2.31. The van der Waals surface area contributed by atoms with E-state index in [2.05, 4.69) is 37.8 Å². The summed E-state index contributed by atoms with van der Waals surface area (Å²) >= 11 is 0. The van der Waals surface area contributed by atoms with Gasteiger partial charge < -0.3 is 32.4 Å². The minimum atomic E-state index is -5.86. The Balaban J connectivity index is -0.000000170. The van der Waals surface area contributed by atoms with Crippen LogP contribution in [0.5, 0.6) is 0 Å². The van der Waals surface area contributed by atoms with Crippen molar-refractivity contribution < 1.29 is 93.5 Å². The zero-order chi connectivity index (χ0) is 43.0. The Morgan fingerprint density at radius 3 is 1.56 bits per heavy atom. The minimum absolute atomic E-state index is 0. The van der Waals surface area contributed by atoms with Gasteiger partial charge in [0, 0.05) is 6.61 Å². The summed E-state index contributed by atoms with van der Waals surface area (Å²) in [7, 11) is -9.03. The SMILES string of the molecule is C.C.CCC(C)(C)C(=O)OC(C)C(F)(F)S(=O)(=O)[O-].CCCC[Si](C)(C)O[Si](C)(C)CCCOC(=O)C(C)(C)CC.CCOCCOCCOC(=O)C(C)CC.[Na+]. The summed E-state index contributed by atoms with van der Waals surface area (Å²) < 4.78 is 88.5. The average Bonchev–Trinajstić information content (AvgIpc) is 3.07. The van der Waals surface area contributed by atoms with Crippen molar-refractivity contribution in [1.29, 1.82) is 0 Å². The smallest absolute Gasteiger partial charge is 0.743 e. The van der Waals surface area contributed by atoms with Crippen molar-refractivity contribution in [3.05, 3.63) is 0 Å². The molecular weight excluding hydrogens is 810 g/mol. The second-order valence-electron chi connectivity index (χ2n) is 15.8. The van der Waals surface area contributed by atoms with Crippen LogP contribution in [0.15, 0.2) is 0 Å². The van der Waals surface area contributed by atoms with Crippen LogP contribution >= 0.6 is 0 Å². The van der Waals surface area contributed by atoms with Crippen molar-refractivity contribution in [2.24, 2.45) is 16.7 Å². The van der Waals surface area contributed by atoms with Gasteiger partial charge in [-0.1, -0.05) is 62.3 Å². The molecule has 0 heterocycles. The average molecular weight is 893 g/mol. The van der Waals surface area contributed by atoms with Gasteiger partial charge in [-0.3, -0.25) is 14.4 Å². The molecule has 18 heteroatoms. The molecule has 12 nitrogen and oxygen atoms in total. The summed E-state index contributed by atoms with van der Waals surface area (Å²) in [5, 5.41) is -4.63. The van der Waals surface area contributed by atoms with Crippen molar-refractivity contribution in [3.63, 3.8) is 0 Å². The molecule has 0 rings (SSSR count). The van der Waals surface area contributed by atoms with Gasteiger partial charge in [0.1, 0.15) is 6.61 Å². The molecule has 0 saturated heterocycles. The quantitative estimate of drug-likeness (QED) is 0.0304. The van der Waals surface area contributed by atoms with E-state index in [9.17, 15) is 36.1 Å². The Kier molecular flexibility index (Phi) is 39.7. The third kappa shape index (κ3) is 32.0. The number of carbonyl (C=O) groups excluding carboxylic acids is 3. The summed E-state index contributed by atoms with van der Waals surface area (Å²) in [6.45, 7) is 31.5. The van der Waals surface area contributed by atoms with Crippen LogP contribution in [0.1, 0.15) is 130 Å². The second kappa shape index (κ2) is 33.2. The zero-order valence-corrected chi connectivity index (χ0v) is 41.9. The fraction of sp³-hybridized carbons (Fsp3) is 0.923. The Morgan fingerprint density at radius 2 is 1.14 bits per heavy atom. The first-order chi connectivity index (χ1) is 24.5. The monoisotopic (exact) mass is 893 g/mol. The molecule has 0 fully saturated rings.